The van der Waals surface area contributed by atoms with Crippen molar-refractivity contribution in [2.24, 2.45) is 0 Å². The molecule has 0 fully saturated rings. The molecule has 0 spiro atoms. The molecule has 27 heavy (non-hydrogen) atoms. The van der Waals surface area contributed by atoms with E-state index in [-0.39, 0.29) is 5.91 Å². The molecule has 1 amide bonds. The maximum atomic E-state index is 12.4. The van der Waals surface area contributed by atoms with Crippen LogP contribution in [0.3, 0.4) is 0 Å². The third-order valence-corrected chi connectivity index (χ3v) is 3.64. The van der Waals surface area contributed by atoms with Crippen LogP contribution in [0.25, 0.3) is 0 Å². The largest absolute Gasteiger partial charge is 0.492 e. The second-order valence-electron chi connectivity index (χ2n) is 5.84. The predicted octanol–water partition coefficient (Wildman–Crippen LogP) is 4.06. The molecule has 0 aliphatic rings. The zero-order chi connectivity index (χ0) is 19.6. The smallest absolute Gasteiger partial charge is 0.347 e. The fourth-order valence-corrected chi connectivity index (χ4v) is 2.30. The summed E-state index contributed by atoms with van der Waals surface area (Å²) in [5.41, 5.74) is 1.08. The third kappa shape index (κ3) is 6.02. The Morgan fingerprint density at radius 3 is 2.41 bits per heavy atom. The van der Waals surface area contributed by atoms with E-state index in [9.17, 15) is 9.59 Å². The van der Waals surface area contributed by atoms with Gasteiger partial charge in [0.2, 0.25) is 0 Å². The van der Waals surface area contributed by atoms with E-state index < -0.39 is 12.1 Å². The summed E-state index contributed by atoms with van der Waals surface area (Å²) in [6.45, 7) is 6.32. The molecular weight excluding hydrogens is 346 g/mol. The van der Waals surface area contributed by atoms with Crippen molar-refractivity contribution < 1.29 is 23.8 Å². The summed E-state index contributed by atoms with van der Waals surface area (Å²) in [6, 6.07) is 13.8. The number of nitrogens with one attached hydrogen (secondary N) is 1. The Kier molecular flexibility index (Phi) is 7.67. The lowest BCUT2D eigenvalue weighted by atomic mass is 10.2. The fourth-order valence-electron chi connectivity index (χ4n) is 2.30. The first-order valence-electron chi connectivity index (χ1n) is 9.01. The first-order valence-corrected chi connectivity index (χ1v) is 9.01. The molecular formula is C21H25NO5. The summed E-state index contributed by atoms with van der Waals surface area (Å²) in [7, 11) is 0. The van der Waals surface area contributed by atoms with E-state index in [1.807, 2.05) is 26.0 Å². The minimum absolute atomic E-state index is 0.260. The molecule has 0 heterocycles. The Bertz CT molecular complexity index is 757. The van der Waals surface area contributed by atoms with Crippen LogP contribution in [0.1, 0.15) is 37.6 Å². The molecule has 1 unspecified atom stereocenters. The van der Waals surface area contributed by atoms with Gasteiger partial charge >= 0.3 is 5.97 Å². The van der Waals surface area contributed by atoms with Crippen LogP contribution in [0.5, 0.6) is 11.5 Å². The summed E-state index contributed by atoms with van der Waals surface area (Å²) >= 11 is 0. The Labute approximate surface area is 159 Å². The molecule has 1 atom stereocenters. The number of hydrogen-bond donors (Lipinski definition) is 1. The van der Waals surface area contributed by atoms with Crippen molar-refractivity contribution >= 4 is 17.6 Å². The van der Waals surface area contributed by atoms with E-state index in [2.05, 4.69) is 5.32 Å². The number of anilines is 1. The standard InChI is InChI=1S/C21H25NO5/c1-4-14-26-21(24)15(3)27-17-12-10-16(11-13-17)20(23)22-18-8-6-7-9-19(18)25-5-2/h6-13,15H,4-5,14H2,1-3H3,(H,22,23). The van der Waals surface area contributed by atoms with Gasteiger partial charge in [0, 0.05) is 5.56 Å². The number of carbonyl (C=O) groups excluding carboxylic acids is 2. The van der Waals surface area contributed by atoms with Crippen LogP contribution in [0, 0.1) is 0 Å². The second-order valence-corrected chi connectivity index (χ2v) is 5.84. The lowest BCUT2D eigenvalue weighted by Gasteiger charge is -2.14. The summed E-state index contributed by atoms with van der Waals surface area (Å²) in [5, 5.41) is 2.83. The van der Waals surface area contributed by atoms with Crippen LogP contribution >= 0.6 is 0 Å². The van der Waals surface area contributed by atoms with E-state index in [0.717, 1.165) is 6.42 Å². The van der Waals surface area contributed by atoms with Gasteiger partial charge in [-0.2, -0.15) is 0 Å². The monoisotopic (exact) mass is 371 g/mol. The molecule has 0 saturated heterocycles. The molecule has 2 rings (SSSR count). The quantitative estimate of drug-likeness (QED) is 0.673. The van der Waals surface area contributed by atoms with Gasteiger partial charge in [0.1, 0.15) is 11.5 Å². The highest BCUT2D eigenvalue weighted by Crippen LogP contribution is 2.24. The summed E-state index contributed by atoms with van der Waals surface area (Å²) in [4.78, 5) is 24.2. The lowest BCUT2D eigenvalue weighted by molar-refractivity contribution is -0.151. The van der Waals surface area contributed by atoms with Crippen LogP contribution < -0.4 is 14.8 Å². The normalized spacial score (nSPS) is 11.4. The number of para-hydroxylation sites is 2. The zero-order valence-corrected chi connectivity index (χ0v) is 15.9. The van der Waals surface area contributed by atoms with E-state index in [4.69, 9.17) is 14.2 Å². The molecule has 144 valence electrons. The van der Waals surface area contributed by atoms with Gasteiger partial charge in [-0.1, -0.05) is 19.1 Å². The zero-order valence-electron chi connectivity index (χ0n) is 15.9. The van der Waals surface area contributed by atoms with Crippen LogP contribution in [0.4, 0.5) is 5.69 Å². The Morgan fingerprint density at radius 1 is 1.04 bits per heavy atom. The number of carbonyl (C=O) groups is 2. The summed E-state index contributed by atoms with van der Waals surface area (Å²) < 4.78 is 16.1. The number of amides is 1. The fraction of sp³-hybridized carbons (Fsp3) is 0.333. The molecule has 2 aromatic carbocycles. The van der Waals surface area contributed by atoms with Gasteiger partial charge in [-0.3, -0.25) is 4.79 Å². The lowest BCUT2D eigenvalue weighted by Crippen LogP contribution is -2.26. The summed E-state index contributed by atoms with van der Waals surface area (Å²) in [5.74, 6) is 0.435. The number of rotatable bonds is 9. The number of esters is 1. The van der Waals surface area contributed by atoms with E-state index in [0.29, 0.717) is 36.0 Å². The Morgan fingerprint density at radius 2 is 1.74 bits per heavy atom. The van der Waals surface area contributed by atoms with Gasteiger partial charge in [-0.15, -0.1) is 0 Å². The second kappa shape index (κ2) is 10.2. The van der Waals surface area contributed by atoms with Crippen LogP contribution in [0.15, 0.2) is 48.5 Å². The summed E-state index contributed by atoms with van der Waals surface area (Å²) in [6.07, 6.45) is 0.0450. The van der Waals surface area contributed by atoms with Crippen molar-refractivity contribution in [1.29, 1.82) is 0 Å². The van der Waals surface area contributed by atoms with E-state index in [1.54, 1.807) is 43.3 Å². The number of benzene rings is 2. The topological polar surface area (TPSA) is 73.9 Å². The molecule has 0 aliphatic heterocycles. The van der Waals surface area contributed by atoms with Gasteiger partial charge in [0.05, 0.1) is 18.9 Å². The molecule has 2 aromatic rings. The maximum Gasteiger partial charge on any atom is 0.347 e. The Balaban J connectivity index is 1.98. The van der Waals surface area contributed by atoms with Crippen LogP contribution in [-0.4, -0.2) is 31.2 Å². The Hall–Kier alpha value is -3.02. The molecule has 0 aliphatic carbocycles. The average molecular weight is 371 g/mol. The van der Waals surface area contributed by atoms with Crippen LogP contribution in [-0.2, 0) is 9.53 Å². The highest BCUT2D eigenvalue weighted by Gasteiger charge is 2.16. The molecule has 1 N–H and O–H groups in total. The van der Waals surface area contributed by atoms with Gasteiger partial charge in [-0.05, 0) is 56.7 Å². The van der Waals surface area contributed by atoms with Crippen LogP contribution in [0.2, 0.25) is 0 Å². The SMILES string of the molecule is CCCOC(=O)C(C)Oc1ccc(C(=O)Nc2ccccc2OCC)cc1. The van der Waals surface area contributed by atoms with Gasteiger partial charge < -0.3 is 19.5 Å². The van der Waals surface area contributed by atoms with Crippen molar-refractivity contribution in [3.63, 3.8) is 0 Å². The minimum atomic E-state index is -0.714. The van der Waals surface area contributed by atoms with Gasteiger partial charge in [0.25, 0.3) is 5.91 Å². The number of hydrogen-bond acceptors (Lipinski definition) is 5. The third-order valence-electron chi connectivity index (χ3n) is 3.64. The van der Waals surface area contributed by atoms with Gasteiger partial charge in [0.15, 0.2) is 6.10 Å². The van der Waals surface area contributed by atoms with Crippen molar-refractivity contribution in [1.82, 2.24) is 0 Å². The maximum absolute atomic E-state index is 12.4. The molecule has 6 heteroatoms. The van der Waals surface area contributed by atoms with Crippen molar-refractivity contribution in [3.8, 4) is 11.5 Å². The highest BCUT2D eigenvalue weighted by atomic mass is 16.6. The van der Waals surface area contributed by atoms with Crippen molar-refractivity contribution in [3.05, 3.63) is 54.1 Å². The van der Waals surface area contributed by atoms with Gasteiger partial charge in [-0.25, -0.2) is 4.79 Å². The predicted molar refractivity (Wildman–Crippen MR) is 103 cm³/mol. The highest BCUT2D eigenvalue weighted by molar-refractivity contribution is 6.05. The molecule has 0 bridgehead atoms. The van der Waals surface area contributed by atoms with E-state index in [1.165, 1.54) is 0 Å². The van der Waals surface area contributed by atoms with Crippen molar-refractivity contribution in [2.75, 3.05) is 18.5 Å². The molecule has 6 nitrogen and oxygen atoms in total. The first kappa shape index (κ1) is 20.3. The average Bonchev–Trinajstić information content (AvgIpc) is 2.68. The first-order chi connectivity index (χ1) is 13.0. The minimum Gasteiger partial charge on any atom is -0.492 e. The molecule has 0 aromatic heterocycles. The molecule has 0 saturated carbocycles. The molecule has 0 radical (unpaired) electrons. The number of ether oxygens (including phenoxy) is 3. The van der Waals surface area contributed by atoms with E-state index >= 15 is 0 Å². The van der Waals surface area contributed by atoms with Crippen molar-refractivity contribution in [2.45, 2.75) is 33.3 Å².